The Morgan fingerprint density at radius 1 is 1.28 bits per heavy atom. The van der Waals surface area contributed by atoms with E-state index >= 15 is 0 Å². The predicted molar refractivity (Wildman–Crippen MR) is 75.2 cm³/mol. The molecule has 4 heteroatoms. The summed E-state index contributed by atoms with van der Waals surface area (Å²) in [5.41, 5.74) is 12.0. The van der Waals surface area contributed by atoms with Gasteiger partial charge in [0.15, 0.2) is 0 Å². The number of aryl methyl sites for hydroxylation is 1. The summed E-state index contributed by atoms with van der Waals surface area (Å²) in [7, 11) is 2.16. The van der Waals surface area contributed by atoms with Gasteiger partial charge < -0.3 is 10.6 Å². The molecule has 1 unspecified atom stereocenters. The first-order valence-electron chi connectivity index (χ1n) is 6.65. The van der Waals surface area contributed by atoms with Crippen LogP contribution in [0.1, 0.15) is 17.2 Å². The molecule has 2 rings (SSSR count). The van der Waals surface area contributed by atoms with E-state index in [-0.39, 0.29) is 6.04 Å². The number of hydrazine groups is 1. The topological polar surface area (TPSA) is 44.5 Å². The van der Waals surface area contributed by atoms with Crippen LogP contribution in [0.3, 0.4) is 0 Å². The van der Waals surface area contributed by atoms with Gasteiger partial charge in [0.1, 0.15) is 0 Å². The van der Waals surface area contributed by atoms with Gasteiger partial charge in [-0.2, -0.15) is 0 Å². The van der Waals surface area contributed by atoms with Gasteiger partial charge in [-0.3, -0.25) is 0 Å². The second-order valence-corrected chi connectivity index (χ2v) is 5.12. The van der Waals surface area contributed by atoms with E-state index in [0.29, 0.717) is 6.54 Å². The monoisotopic (exact) mass is 248 g/mol. The fourth-order valence-electron chi connectivity index (χ4n) is 2.31. The lowest BCUT2D eigenvalue weighted by Crippen LogP contribution is -2.52. The molecule has 0 aromatic heterocycles. The first kappa shape index (κ1) is 13.5. The number of hydrogen-bond donors (Lipinski definition) is 2. The molecule has 3 N–H and O–H groups in total. The van der Waals surface area contributed by atoms with Crippen molar-refractivity contribution >= 4 is 0 Å². The van der Waals surface area contributed by atoms with Crippen molar-refractivity contribution in [3.8, 4) is 0 Å². The number of benzene rings is 1. The van der Waals surface area contributed by atoms with Crippen molar-refractivity contribution < 1.29 is 0 Å². The van der Waals surface area contributed by atoms with E-state index in [1.807, 2.05) is 0 Å². The molecule has 18 heavy (non-hydrogen) atoms. The van der Waals surface area contributed by atoms with Crippen LogP contribution in [-0.2, 0) is 0 Å². The van der Waals surface area contributed by atoms with Crippen molar-refractivity contribution in [3.05, 3.63) is 35.4 Å². The van der Waals surface area contributed by atoms with Crippen LogP contribution < -0.4 is 11.2 Å². The van der Waals surface area contributed by atoms with Gasteiger partial charge in [0.05, 0.1) is 6.04 Å². The van der Waals surface area contributed by atoms with Gasteiger partial charge in [-0.1, -0.05) is 29.8 Å². The molecule has 0 amide bonds. The minimum atomic E-state index is 0.216. The molecule has 4 nitrogen and oxygen atoms in total. The lowest BCUT2D eigenvalue weighted by molar-refractivity contribution is 0.0880. The second kappa shape index (κ2) is 6.29. The summed E-state index contributed by atoms with van der Waals surface area (Å²) >= 11 is 0. The number of rotatable bonds is 4. The first-order chi connectivity index (χ1) is 8.69. The van der Waals surface area contributed by atoms with Crippen molar-refractivity contribution in [2.45, 2.75) is 13.0 Å². The van der Waals surface area contributed by atoms with Crippen LogP contribution in [0.25, 0.3) is 0 Å². The smallest absolute Gasteiger partial charge is 0.0587 e. The average molecular weight is 248 g/mol. The number of nitrogens with two attached hydrogens (primary N) is 1. The maximum absolute atomic E-state index is 5.90. The van der Waals surface area contributed by atoms with Gasteiger partial charge in [0.25, 0.3) is 0 Å². The van der Waals surface area contributed by atoms with Crippen LogP contribution in [0.15, 0.2) is 24.3 Å². The van der Waals surface area contributed by atoms with Crippen LogP contribution >= 0.6 is 0 Å². The molecule has 100 valence electrons. The maximum atomic E-state index is 5.90. The highest BCUT2D eigenvalue weighted by Crippen LogP contribution is 2.14. The van der Waals surface area contributed by atoms with Gasteiger partial charge in [-0.25, -0.2) is 10.4 Å². The molecule has 1 aliphatic rings. The summed E-state index contributed by atoms with van der Waals surface area (Å²) in [6, 6.07) is 8.79. The molecule has 0 radical (unpaired) electrons. The standard InChI is InChI=1S/C14H24N4/c1-12-4-3-5-13(10-12)14(11-15)16-18-8-6-17(2)7-9-18/h3-5,10,14,16H,6-9,11,15H2,1-2H3. The highest BCUT2D eigenvalue weighted by atomic mass is 15.5. The Kier molecular flexibility index (Phi) is 4.72. The molecule has 0 aliphatic carbocycles. The molecule has 1 atom stereocenters. The van der Waals surface area contributed by atoms with Crippen LogP contribution in [0.4, 0.5) is 0 Å². The van der Waals surface area contributed by atoms with E-state index in [1.54, 1.807) is 0 Å². The van der Waals surface area contributed by atoms with Crippen molar-refractivity contribution in [1.82, 2.24) is 15.3 Å². The normalized spacial score (nSPS) is 19.9. The third kappa shape index (κ3) is 3.53. The zero-order valence-corrected chi connectivity index (χ0v) is 11.4. The third-order valence-corrected chi connectivity index (χ3v) is 3.52. The number of hydrogen-bond acceptors (Lipinski definition) is 4. The molecule has 0 spiro atoms. The van der Waals surface area contributed by atoms with E-state index in [0.717, 1.165) is 26.2 Å². The molecule has 0 bridgehead atoms. The summed E-state index contributed by atoms with van der Waals surface area (Å²) < 4.78 is 0. The molecule has 1 aliphatic heterocycles. The minimum Gasteiger partial charge on any atom is -0.329 e. The molecule has 1 aromatic carbocycles. The highest BCUT2D eigenvalue weighted by Gasteiger charge is 2.17. The number of nitrogens with one attached hydrogen (secondary N) is 1. The summed E-state index contributed by atoms with van der Waals surface area (Å²) in [6.45, 7) is 7.07. The highest BCUT2D eigenvalue weighted by molar-refractivity contribution is 5.25. The first-order valence-corrected chi connectivity index (χ1v) is 6.65. The fourth-order valence-corrected chi connectivity index (χ4v) is 2.31. The molecule has 1 saturated heterocycles. The molecule has 1 fully saturated rings. The van der Waals surface area contributed by atoms with E-state index in [1.165, 1.54) is 11.1 Å². The van der Waals surface area contributed by atoms with Gasteiger partial charge in [-0.05, 0) is 19.5 Å². The van der Waals surface area contributed by atoms with E-state index in [9.17, 15) is 0 Å². The SMILES string of the molecule is Cc1cccc(C(CN)NN2CCN(C)CC2)c1. The summed E-state index contributed by atoms with van der Waals surface area (Å²) in [6.07, 6.45) is 0. The lowest BCUT2D eigenvalue weighted by atomic mass is 10.1. The van der Waals surface area contributed by atoms with Crippen molar-refractivity contribution in [3.63, 3.8) is 0 Å². The van der Waals surface area contributed by atoms with Gasteiger partial charge in [0.2, 0.25) is 0 Å². The maximum Gasteiger partial charge on any atom is 0.0587 e. The van der Waals surface area contributed by atoms with Crippen LogP contribution in [0.5, 0.6) is 0 Å². The van der Waals surface area contributed by atoms with Crippen molar-refractivity contribution in [1.29, 1.82) is 0 Å². The summed E-state index contributed by atoms with van der Waals surface area (Å²) in [5.74, 6) is 0. The Balaban J connectivity index is 1.97. The van der Waals surface area contributed by atoms with Gasteiger partial charge in [-0.15, -0.1) is 0 Å². The number of likely N-dealkylation sites (N-methyl/N-ethyl adjacent to an activating group) is 1. The average Bonchev–Trinajstić information content (AvgIpc) is 2.38. The number of piperazine rings is 1. The fraction of sp³-hybridized carbons (Fsp3) is 0.571. The van der Waals surface area contributed by atoms with E-state index < -0.39 is 0 Å². The van der Waals surface area contributed by atoms with E-state index in [4.69, 9.17) is 5.73 Å². The Labute approximate surface area is 110 Å². The molecular formula is C14H24N4. The molecular weight excluding hydrogens is 224 g/mol. The Morgan fingerprint density at radius 2 is 2.00 bits per heavy atom. The summed E-state index contributed by atoms with van der Waals surface area (Å²) in [5, 5.41) is 2.29. The van der Waals surface area contributed by atoms with Crippen molar-refractivity contribution in [2.75, 3.05) is 39.8 Å². The molecule has 0 saturated carbocycles. The second-order valence-electron chi connectivity index (χ2n) is 5.12. The zero-order valence-electron chi connectivity index (χ0n) is 11.4. The molecule has 1 aromatic rings. The lowest BCUT2D eigenvalue weighted by Gasteiger charge is -2.35. The van der Waals surface area contributed by atoms with Gasteiger partial charge >= 0.3 is 0 Å². The predicted octanol–water partition coefficient (Wildman–Crippen LogP) is 0.747. The van der Waals surface area contributed by atoms with Crippen molar-refractivity contribution in [2.24, 2.45) is 5.73 Å². The third-order valence-electron chi connectivity index (χ3n) is 3.52. The largest absolute Gasteiger partial charge is 0.329 e. The number of nitrogens with zero attached hydrogens (tertiary/aromatic N) is 2. The van der Waals surface area contributed by atoms with Crippen LogP contribution in [-0.4, -0.2) is 49.7 Å². The Bertz CT molecular complexity index is 372. The zero-order chi connectivity index (χ0) is 13.0. The van der Waals surface area contributed by atoms with E-state index in [2.05, 4.69) is 53.6 Å². The van der Waals surface area contributed by atoms with Crippen LogP contribution in [0.2, 0.25) is 0 Å². The Morgan fingerprint density at radius 3 is 2.61 bits per heavy atom. The van der Waals surface area contributed by atoms with Crippen LogP contribution in [0, 0.1) is 6.92 Å². The minimum absolute atomic E-state index is 0.216. The quantitative estimate of drug-likeness (QED) is 0.825. The Hall–Kier alpha value is -0.940. The van der Waals surface area contributed by atoms with Gasteiger partial charge in [0, 0.05) is 32.7 Å². The molecule has 1 heterocycles. The summed E-state index contributed by atoms with van der Waals surface area (Å²) in [4.78, 5) is 2.35.